The van der Waals surface area contributed by atoms with Gasteiger partial charge in [0.15, 0.2) is 5.58 Å². The van der Waals surface area contributed by atoms with Crippen molar-refractivity contribution in [1.82, 2.24) is 4.98 Å². The van der Waals surface area contributed by atoms with Crippen molar-refractivity contribution in [3.05, 3.63) is 28.7 Å². The second-order valence-electron chi connectivity index (χ2n) is 5.69. The molecule has 1 heterocycles. The van der Waals surface area contributed by atoms with Crippen LogP contribution in [0.4, 0.5) is 5.69 Å². The molecule has 0 spiro atoms. The zero-order valence-electron chi connectivity index (χ0n) is 11.7. The average Bonchev–Trinajstić information content (AvgIpc) is 2.65. The maximum atomic E-state index is 12.0. The molecule has 0 aliphatic rings. The number of oxazole rings is 1. The van der Waals surface area contributed by atoms with Gasteiger partial charge in [0.2, 0.25) is 5.91 Å². The normalized spacial score (nSPS) is 11.5. The molecule has 0 bridgehead atoms. The van der Waals surface area contributed by atoms with Crippen LogP contribution in [0, 0.1) is 5.41 Å². The number of rotatable bonds is 5. The first kappa shape index (κ1) is 14.8. The van der Waals surface area contributed by atoms with Crippen LogP contribution in [0.25, 0.3) is 11.1 Å². The Morgan fingerprint density at radius 3 is 2.71 bits per heavy atom. The predicted molar refractivity (Wildman–Crippen MR) is 76.1 cm³/mol. The van der Waals surface area contributed by atoms with Crippen molar-refractivity contribution in [2.45, 2.75) is 26.7 Å². The molecule has 0 unspecified atom stereocenters. The molecule has 3 N–H and O–H groups in total. The molecule has 21 heavy (non-hydrogen) atoms. The van der Waals surface area contributed by atoms with Crippen LogP contribution in [-0.2, 0) is 9.59 Å². The topological polar surface area (TPSA) is 112 Å². The number of aromatic amines is 1. The Labute approximate surface area is 120 Å². The fourth-order valence-corrected chi connectivity index (χ4v) is 2.14. The van der Waals surface area contributed by atoms with Gasteiger partial charge in [-0.15, -0.1) is 0 Å². The fourth-order valence-electron chi connectivity index (χ4n) is 2.14. The van der Waals surface area contributed by atoms with Gasteiger partial charge in [-0.2, -0.15) is 0 Å². The molecule has 112 valence electrons. The number of hydrogen-bond acceptors (Lipinski definition) is 4. The van der Waals surface area contributed by atoms with Gasteiger partial charge >= 0.3 is 11.7 Å². The van der Waals surface area contributed by atoms with E-state index in [0.29, 0.717) is 16.8 Å². The molecule has 1 aromatic carbocycles. The predicted octanol–water partition coefficient (Wildman–Crippen LogP) is 1.95. The molecule has 0 saturated heterocycles. The van der Waals surface area contributed by atoms with E-state index in [1.807, 2.05) is 0 Å². The first-order valence-corrected chi connectivity index (χ1v) is 6.40. The Kier molecular flexibility index (Phi) is 3.84. The summed E-state index contributed by atoms with van der Waals surface area (Å²) in [6.07, 6.45) is -0.00620. The summed E-state index contributed by atoms with van der Waals surface area (Å²) in [6, 6.07) is 4.77. The van der Waals surface area contributed by atoms with Gasteiger partial charge in [0, 0.05) is 12.1 Å². The second-order valence-corrected chi connectivity index (χ2v) is 5.69. The highest BCUT2D eigenvalue weighted by atomic mass is 16.4. The second kappa shape index (κ2) is 5.43. The highest BCUT2D eigenvalue weighted by Crippen LogP contribution is 2.26. The molecule has 0 fully saturated rings. The van der Waals surface area contributed by atoms with E-state index < -0.39 is 17.1 Å². The Morgan fingerprint density at radius 2 is 2.05 bits per heavy atom. The molecule has 1 amide bonds. The number of carbonyl (C=O) groups is 2. The number of aromatic nitrogens is 1. The molecular formula is C14H16N2O5. The van der Waals surface area contributed by atoms with Crippen LogP contribution in [-0.4, -0.2) is 22.0 Å². The smallest absolute Gasteiger partial charge is 0.417 e. The zero-order chi connectivity index (χ0) is 15.6. The van der Waals surface area contributed by atoms with Crippen molar-refractivity contribution in [2.24, 2.45) is 5.41 Å². The monoisotopic (exact) mass is 292 g/mol. The largest absolute Gasteiger partial charge is 0.481 e. The lowest BCUT2D eigenvalue weighted by Crippen LogP contribution is -2.24. The minimum Gasteiger partial charge on any atom is -0.481 e. The minimum absolute atomic E-state index is 0.0826. The van der Waals surface area contributed by atoms with Gasteiger partial charge < -0.3 is 14.8 Å². The van der Waals surface area contributed by atoms with Crippen LogP contribution in [0.15, 0.2) is 27.4 Å². The van der Waals surface area contributed by atoms with E-state index in [4.69, 9.17) is 9.52 Å². The van der Waals surface area contributed by atoms with Crippen molar-refractivity contribution in [2.75, 3.05) is 5.32 Å². The minimum atomic E-state index is -0.940. The van der Waals surface area contributed by atoms with Crippen molar-refractivity contribution < 1.29 is 19.1 Å². The number of hydrogen-bond donors (Lipinski definition) is 3. The molecule has 2 aromatic rings. The molecule has 0 aliphatic carbocycles. The van der Waals surface area contributed by atoms with E-state index in [2.05, 4.69) is 10.3 Å². The highest BCUT2D eigenvalue weighted by Gasteiger charge is 2.25. The fraction of sp³-hybridized carbons (Fsp3) is 0.357. The zero-order valence-corrected chi connectivity index (χ0v) is 11.7. The van der Waals surface area contributed by atoms with E-state index in [-0.39, 0.29) is 18.7 Å². The quantitative estimate of drug-likeness (QED) is 0.779. The van der Waals surface area contributed by atoms with Crippen LogP contribution in [0.1, 0.15) is 26.7 Å². The number of H-pyrrole nitrogens is 1. The lowest BCUT2D eigenvalue weighted by molar-refractivity contribution is -0.139. The summed E-state index contributed by atoms with van der Waals surface area (Å²) in [5.74, 6) is -1.78. The van der Waals surface area contributed by atoms with Gasteiger partial charge in [-0.1, -0.05) is 13.8 Å². The number of anilines is 1. The van der Waals surface area contributed by atoms with Crippen LogP contribution in [0.5, 0.6) is 0 Å². The summed E-state index contributed by atoms with van der Waals surface area (Å²) in [7, 11) is 0. The number of nitrogens with one attached hydrogen (secondary N) is 2. The van der Waals surface area contributed by atoms with E-state index in [9.17, 15) is 14.4 Å². The maximum Gasteiger partial charge on any atom is 0.417 e. The Hall–Kier alpha value is -2.57. The number of fused-ring (bicyclic) bond motifs is 1. The lowest BCUT2D eigenvalue weighted by atomic mass is 9.85. The third kappa shape index (κ3) is 3.95. The van der Waals surface area contributed by atoms with Crippen LogP contribution >= 0.6 is 0 Å². The molecule has 0 atom stereocenters. The van der Waals surface area contributed by atoms with Gasteiger partial charge in [0.05, 0.1) is 11.9 Å². The molecule has 7 nitrogen and oxygen atoms in total. The van der Waals surface area contributed by atoms with Gasteiger partial charge in [0.1, 0.15) is 0 Å². The van der Waals surface area contributed by atoms with Crippen LogP contribution in [0.3, 0.4) is 0 Å². The lowest BCUT2D eigenvalue weighted by Gasteiger charge is -2.21. The SMILES string of the molecule is CC(C)(CC(=O)O)CC(=O)Nc1ccc2oc(=O)[nH]c2c1. The molecule has 0 radical (unpaired) electrons. The summed E-state index contributed by atoms with van der Waals surface area (Å²) in [6.45, 7) is 3.44. The van der Waals surface area contributed by atoms with E-state index in [1.165, 1.54) is 0 Å². The van der Waals surface area contributed by atoms with Crippen LogP contribution in [0.2, 0.25) is 0 Å². The number of carboxylic acid groups (broad SMARTS) is 1. The number of carboxylic acids is 1. The van der Waals surface area contributed by atoms with Crippen molar-refractivity contribution >= 4 is 28.7 Å². The molecule has 0 saturated carbocycles. The van der Waals surface area contributed by atoms with Gasteiger partial charge in [-0.05, 0) is 23.6 Å². The molecule has 1 aromatic heterocycles. The van der Waals surface area contributed by atoms with Gasteiger partial charge in [-0.25, -0.2) is 4.79 Å². The van der Waals surface area contributed by atoms with Gasteiger partial charge in [-0.3, -0.25) is 14.6 Å². The number of amides is 1. The summed E-state index contributed by atoms with van der Waals surface area (Å²) in [5.41, 5.74) is 0.770. The standard InChI is InChI=1S/C14H16N2O5/c1-14(2,7-12(18)19)6-11(17)15-8-3-4-10-9(5-8)16-13(20)21-10/h3-5H,6-7H2,1-2H3,(H,15,17)(H,16,20)(H,18,19). The summed E-state index contributed by atoms with van der Waals surface area (Å²) < 4.78 is 4.86. The Morgan fingerprint density at radius 1 is 1.33 bits per heavy atom. The summed E-state index contributed by atoms with van der Waals surface area (Å²) >= 11 is 0. The molecule has 7 heteroatoms. The summed E-state index contributed by atoms with van der Waals surface area (Å²) in [4.78, 5) is 36.2. The third-order valence-corrected chi connectivity index (χ3v) is 2.97. The van der Waals surface area contributed by atoms with Crippen LogP contribution < -0.4 is 11.1 Å². The summed E-state index contributed by atoms with van der Waals surface area (Å²) in [5, 5.41) is 11.5. The van der Waals surface area contributed by atoms with E-state index in [1.54, 1.807) is 32.0 Å². The first-order valence-electron chi connectivity index (χ1n) is 6.40. The van der Waals surface area contributed by atoms with Crippen molar-refractivity contribution in [1.29, 1.82) is 0 Å². The number of benzene rings is 1. The van der Waals surface area contributed by atoms with Crippen molar-refractivity contribution in [3.8, 4) is 0 Å². The third-order valence-electron chi connectivity index (χ3n) is 2.97. The number of carbonyl (C=O) groups excluding carboxylic acids is 1. The molecule has 2 rings (SSSR count). The number of aliphatic carboxylic acids is 1. The van der Waals surface area contributed by atoms with Crippen molar-refractivity contribution in [3.63, 3.8) is 0 Å². The average molecular weight is 292 g/mol. The molecule has 0 aliphatic heterocycles. The highest BCUT2D eigenvalue weighted by molar-refractivity contribution is 5.93. The Balaban J connectivity index is 2.07. The maximum absolute atomic E-state index is 12.0. The Bertz CT molecular complexity index is 741. The molecular weight excluding hydrogens is 276 g/mol. The van der Waals surface area contributed by atoms with Gasteiger partial charge in [0.25, 0.3) is 0 Å². The van der Waals surface area contributed by atoms with E-state index in [0.717, 1.165) is 0 Å². The first-order chi connectivity index (χ1) is 9.75. The van der Waals surface area contributed by atoms with E-state index >= 15 is 0 Å².